The molecule has 0 aliphatic rings. The summed E-state index contributed by atoms with van der Waals surface area (Å²) in [5.74, 6) is -0.867. The lowest BCUT2D eigenvalue weighted by molar-refractivity contribution is -0.870. The van der Waals surface area contributed by atoms with E-state index in [4.69, 9.17) is 18.5 Å². The predicted molar refractivity (Wildman–Crippen MR) is 252 cm³/mol. The molecule has 0 saturated heterocycles. The first-order valence-electron chi connectivity index (χ1n) is 24.0. The largest absolute Gasteiger partial charge is 0.472 e. The maximum atomic E-state index is 12.7. The van der Waals surface area contributed by atoms with E-state index < -0.39 is 26.5 Å². The molecule has 0 aromatic rings. The van der Waals surface area contributed by atoms with Gasteiger partial charge < -0.3 is 18.9 Å². The van der Waals surface area contributed by atoms with Crippen molar-refractivity contribution in [2.75, 3.05) is 47.5 Å². The van der Waals surface area contributed by atoms with Gasteiger partial charge in [-0.1, -0.05) is 164 Å². The molecule has 0 aromatic carbocycles. The van der Waals surface area contributed by atoms with E-state index in [0.29, 0.717) is 23.9 Å². The number of quaternary nitrogens is 1. The Morgan fingerprint density at radius 2 is 0.917 bits per heavy atom. The summed E-state index contributed by atoms with van der Waals surface area (Å²) in [6.07, 6.45) is 51.3. The van der Waals surface area contributed by atoms with Crippen LogP contribution in [0.5, 0.6) is 0 Å². The molecule has 0 fully saturated rings. The second kappa shape index (κ2) is 42.0. The molecule has 1 N–H and O–H groups in total. The quantitative estimate of drug-likeness (QED) is 0.0212. The van der Waals surface area contributed by atoms with Crippen LogP contribution in [0.25, 0.3) is 0 Å². The molecule has 0 spiro atoms. The number of phosphoric acid groups is 1. The SMILES string of the molecule is CCCCC/C=C/C/C=C/C/C=C/C/C=C/CCCC(=O)O[C@H](COC(=O)CCCCCCCCCCC/C=C/CCCCCCCC)COP(=O)(O)OCC[N+](C)(C)C. The molecular formula is C50H91NO8P+. The Morgan fingerprint density at radius 1 is 0.517 bits per heavy atom. The number of allylic oxidation sites excluding steroid dienone is 10. The molecule has 0 rings (SSSR count). The van der Waals surface area contributed by atoms with Crippen molar-refractivity contribution < 1.29 is 42.1 Å². The number of carbonyl (C=O) groups excluding carboxylic acids is 2. The molecule has 0 bridgehead atoms. The van der Waals surface area contributed by atoms with Gasteiger partial charge in [0.05, 0.1) is 27.7 Å². The Labute approximate surface area is 368 Å². The molecular weight excluding hydrogens is 774 g/mol. The molecule has 348 valence electrons. The van der Waals surface area contributed by atoms with Crippen molar-refractivity contribution in [3.63, 3.8) is 0 Å². The van der Waals surface area contributed by atoms with Crippen LogP contribution in [-0.4, -0.2) is 74.9 Å². The molecule has 1 unspecified atom stereocenters. The molecule has 0 aliphatic carbocycles. The monoisotopic (exact) mass is 865 g/mol. The molecule has 0 heterocycles. The molecule has 60 heavy (non-hydrogen) atoms. The maximum Gasteiger partial charge on any atom is 0.472 e. The van der Waals surface area contributed by atoms with E-state index in [9.17, 15) is 19.0 Å². The summed E-state index contributed by atoms with van der Waals surface area (Å²) in [7, 11) is 1.44. The molecule has 0 radical (unpaired) electrons. The third kappa shape index (κ3) is 45.2. The number of rotatable bonds is 43. The average molecular weight is 865 g/mol. The van der Waals surface area contributed by atoms with Crippen molar-refractivity contribution in [1.82, 2.24) is 0 Å². The molecule has 9 nitrogen and oxygen atoms in total. The van der Waals surface area contributed by atoms with Crippen molar-refractivity contribution in [1.29, 1.82) is 0 Å². The third-order valence-electron chi connectivity index (χ3n) is 10.0. The van der Waals surface area contributed by atoms with Gasteiger partial charge in [-0.25, -0.2) is 4.57 Å². The van der Waals surface area contributed by atoms with Crippen molar-refractivity contribution >= 4 is 19.8 Å². The summed E-state index contributed by atoms with van der Waals surface area (Å²) in [5, 5.41) is 0. The molecule has 0 aromatic heterocycles. The molecule has 2 atom stereocenters. The number of hydrogen-bond acceptors (Lipinski definition) is 7. The van der Waals surface area contributed by atoms with E-state index in [0.717, 1.165) is 38.5 Å². The fourth-order valence-corrected chi connectivity index (χ4v) is 6.98. The van der Waals surface area contributed by atoms with Crippen molar-refractivity contribution in [2.45, 2.75) is 200 Å². The number of nitrogens with zero attached hydrogens (tertiary/aromatic N) is 1. The minimum absolute atomic E-state index is 0.0193. The maximum absolute atomic E-state index is 12.7. The smallest absolute Gasteiger partial charge is 0.462 e. The highest BCUT2D eigenvalue weighted by atomic mass is 31.2. The lowest BCUT2D eigenvalue weighted by Gasteiger charge is -2.24. The Balaban J connectivity index is 4.39. The Kier molecular flexibility index (Phi) is 40.4. The zero-order valence-corrected chi connectivity index (χ0v) is 40.1. The van der Waals surface area contributed by atoms with Crippen LogP contribution in [0.1, 0.15) is 194 Å². The number of carbonyl (C=O) groups is 2. The van der Waals surface area contributed by atoms with Crippen molar-refractivity contribution in [3.8, 4) is 0 Å². The summed E-state index contributed by atoms with van der Waals surface area (Å²) in [6.45, 7) is 4.33. The minimum Gasteiger partial charge on any atom is -0.462 e. The van der Waals surface area contributed by atoms with Crippen molar-refractivity contribution in [2.24, 2.45) is 0 Å². The number of unbranched alkanes of at least 4 members (excludes halogenated alkanes) is 19. The van der Waals surface area contributed by atoms with E-state index >= 15 is 0 Å². The van der Waals surface area contributed by atoms with Crippen LogP contribution in [0.2, 0.25) is 0 Å². The normalized spacial score (nSPS) is 14.0. The lowest BCUT2D eigenvalue weighted by Crippen LogP contribution is -2.37. The third-order valence-corrected chi connectivity index (χ3v) is 11.0. The van der Waals surface area contributed by atoms with Crippen LogP contribution in [0, 0.1) is 0 Å². The highest BCUT2D eigenvalue weighted by Crippen LogP contribution is 2.43. The zero-order chi connectivity index (χ0) is 44.3. The first-order valence-corrected chi connectivity index (χ1v) is 25.5. The number of hydrogen-bond donors (Lipinski definition) is 1. The Hall–Kier alpha value is -2.29. The molecule has 0 saturated carbocycles. The van der Waals surface area contributed by atoms with Crippen LogP contribution in [0.3, 0.4) is 0 Å². The van der Waals surface area contributed by atoms with Gasteiger partial charge in [-0.15, -0.1) is 0 Å². The van der Waals surface area contributed by atoms with Crippen LogP contribution in [-0.2, 0) is 32.7 Å². The second-order valence-corrected chi connectivity index (χ2v) is 18.6. The lowest BCUT2D eigenvalue weighted by atomic mass is 10.1. The number of ether oxygens (including phenoxy) is 2. The summed E-state index contributed by atoms with van der Waals surface area (Å²) >= 11 is 0. The van der Waals surface area contributed by atoms with Gasteiger partial charge in [0.25, 0.3) is 0 Å². The van der Waals surface area contributed by atoms with Gasteiger partial charge >= 0.3 is 19.8 Å². The molecule has 0 amide bonds. The van der Waals surface area contributed by atoms with Gasteiger partial charge in [0, 0.05) is 12.8 Å². The van der Waals surface area contributed by atoms with Gasteiger partial charge in [-0.05, 0) is 77.0 Å². The zero-order valence-electron chi connectivity index (χ0n) is 39.2. The minimum atomic E-state index is -4.39. The van der Waals surface area contributed by atoms with Gasteiger partial charge in [-0.3, -0.25) is 18.6 Å². The Morgan fingerprint density at radius 3 is 1.43 bits per heavy atom. The van der Waals surface area contributed by atoms with Gasteiger partial charge in [0.15, 0.2) is 6.10 Å². The van der Waals surface area contributed by atoms with Crippen LogP contribution in [0.4, 0.5) is 0 Å². The fourth-order valence-electron chi connectivity index (χ4n) is 6.24. The fraction of sp³-hybridized carbons (Fsp3) is 0.760. The van der Waals surface area contributed by atoms with Gasteiger partial charge in [-0.2, -0.15) is 0 Å². The predicted octanol–water partition coefficient (Wildman–Crippen LogP) is 14.0. The summed E-state index contributed by atoms with van der Waals surface area (Å²) in [4.78, 5) is 35.4. The number of phosphoric ester groups is 1. The van der Waals surface area contributed by atoms with E-state index in [2.05, 4.69) is 68.5 Å². The summed E-state index contributed by atoms with van der Waals surface area (Å²) in [6, 6.07) is 0. The van der Waals surface area contributed by atoms with E-state index in [1.165, 1.54) is 116 Å². The van der Waals surface area contributed by atoms with Crippen molar-refractivity contribution in [3.05, 3.63) is 60.8 Å². The highest BCUT2D eigenvalue weighted by molar-refractivity contribution is 7.47. The number of esters is 2. The standard InChI is InChI=1S/C50H90NO8P/c1-6-8-10-12-14-16-18-20-22-24-25-27-28-30-32-34-36-38-40-42-49(52)56-46-48(47-58-60(54,55)57-45-44-51(3,4)5)59-50(53)43-41-39-37-35-33-31-29-26-23-21-19-17-15-13-11-9-7-2/h15,17,20-23,29,31,35,37,48H,6-14,16,18-19,24-28,30,32-34,36,38-47H2,1-5H3/p+1/b17-15+,22-20+,23-21+,31-29+,37-35+/t48-/m1/s1. The van der Waals surface area contributed by atoms with E-state index in [-0.39, 0.29) is 32.0 Å². The first-order chi connectivity index (χ1) is 29.0. The molecule has 10 heteroatoms. The summed E-state index contributed by atoms with van der Waals surface area (Å²) < 4.78 is 34.3. The van der Waals surface area contributed by atoms with Crippen LogP contribution in [0.15, 0.2) is 60.8 Å². The molecule has 0 aliphatic heterocycles. The first kappa shape index (κ1) is 57.7. The van der Waals surface area contributed by atoms with Crippen LogP contribution >= 0.6 is 7.82 Å². The summed E-state index contributed by atoms with van der Waals surface area (Å²) in [5.41, 5.74) is 0. The van der Waals surface area contributed by atoms with Gasteiger partial charge in [0.1, 0.15) is 19.8 Å². The average Bonchev–Trinajstić information content (AvgIpc) is 3.20. The highest BCUT2D eigenvalue weighted by Gasteiger charge is 2.27. The number of likely N-dealkylation sites (N-methyl/N-ethyl adjacent to an activating group) is 1. The van der Waals surface area contributed by atoms with E-state index in [1.54, 1.807) is 0 Å². The van der Waals surface area contributed by atoms with E-state index in [1.807, 2.05) is 27.2 Å². The second-order valence-electron chi connectivity index (χ2n) is 17.1. The topological polar surface area (TPSA) is 108 Å². The Bertz CT molecular complexity index is 1210. The van der Waals surface area contributed by atoms with Crippen LogP contribution < -0.4 is 0 Å². The van der Waals surface area contributed by atoms with Gasteiger partial charge in [0.2, 0.25) is 0 Å².